The van der Waals surface area contributed by atoms with Gasteiger partial charge >= 0.3 is 0 Å². The van der Waals surface area contributed by atoms with Gasteiger partial charge in [0.2, 0.25) is 0 Å². The van der Waals surface area contributed by atoms with Gasteiger partial charge in [0.15, 0.2) is 5.82 Å². The maximum absolute atomic E-state index is 13.5. The van der Waals surface area contributed by atoms with Crippen molar-refractivity contribution in [1.29, 1.82) is 0 Å². The summed E-state index contributed by atoms with van der Waals surface area (Å²) in [5, 5.41) is 2.99. The monoisotopic (exact) mass is 514 g/mol. The fraction of sp³-hybridized carbons (Fsp3) is 0.370. The molecule has 4 rings (SSSR count). The summed E-state index contributed by atoms with van der Waals surface area (Å²) in [7, 11) is 1.81. The minimum Gasteiger partial charge on any atom is -0.396 e. The number of nitrogens with two attached hydrogens (primary N) is 2. The summed E-state index contributed by atoms with van der Waals surface area (Å²) >= 11 is 0. The molecule has 10 heteroatoms. The van der Waals surface area contributed by atoms with Crippen molar-refractivity contribution in [3.05, 3.63) is 54.1 Å². The molecule has 8 nitrogen and oxygen atoms in total. The average Bonchev–Trinajstić information content (AvgIpc) is 3.73. The number of aldehydes is 1. The summed E-state index contributed by atoms with van der Waals surface area (Å²) in [6.07, 6.45) is 7.15. The van der Waals surface area contributed by atoms with Crippen LogP contribution >= 0.6 is 0 Å². The van der Waals surface area contributed by atoms with Crippen LogP contribution < -0.4 is 16.8 Å². The molecule has 0 atom stereocenters. The van der Waals surface area contributed by atoms with E-state index in [2.05, 4.69) is 20.3 Å². The zero-order valence-electron chi connectivity index (χ0n) is 21.8. The van der Waals surface area contributed by atoms with Crippen molar-refractivity contribution in [3.63, 3.8) is 0 Å². The number of anilines is 2. The first-order valence-electron chi connectivity index (χ1n) is 11.7. The standard InChI is InChI=1S/C17H16FN5.C5H12FN.C4H6O.CH2O/c1-10-7-13(18)14(19)9-12(10)17-22-6-4-15(23-17)11-3-5-21-16(8-11)20-2;1-5(2,6)3-4-7;5-3-4-1-2-4;1-2/h3-9H,19H2,1-2H3,(H,20,21);3-4,7H2,1-2H3;3-4H,1-2H2;1H2. The van der Waals surface area contributed by atoms with Gasteiger partial charge in [-0.15, -0.1) is 0 Å². The molecular formula is C27H36F2N6O2. The molecule has 37 heavy (non-hydrogen) atoms. The van der Waals surface area contributed by atoms with E-state index in [4.69, 9.17) is 16.3 Å². The van der Waals surface area contributed by atoms with Gasteiger partial charge in [0.05, 0.1) is 11.4 Å². The van der Waals surface area contributed by atoms with Crippen molar-refractivity contribution in [2.45, 2.75) is 45.7 Å². The van der Waals surface area contributed by atoms with Crippen LogP contribution in [-0.4, -0.2) is 47.3 Å². The van der Waals surface area contributed by atoms with Crippen molar-refractivity contribution in [2.24, 2.45) is 11.7 Å². The molecule has 200 valence electrons. The van der Waals surface area contributed by atoms with E-state index in [0.29, 0.717) is 30.3 Å². The minimum atomic E-state index is -1.07. The first kappa shape index (κ1) is 31.2. The highest BCUT2D eigenvalue weighted by Gasteiger charge is 2.19. The molecule has 0 bridgehead atoms. The highest BCUT2D eigenvalue weighted by atomic mass is 19.1. The number of carbonyl (C=O) groups excluding carboxylic acids is 2. The molecular weight excluding hydrogens is 478 g/mol. The SMILES string of the molecule is C=O.CC(C)(F)CCN.CNc1cc(-c2ccnc(-c3cc(N)c(F)cc3C)n2)ccn1.O=CC1CC1. The molecule has 5 N–H and O–H groups in total. The van der Waals surface area contributed by atoms with Crippen LogP contribution in [0, 0.1) is 18.7 Å². The van der Waals surface area contributed by atoms with E-state index in [0.717, 1.165) is 41.8 Å². The lowest BCUT2D eigenvalue weighted by molar-refractivity contribution is -0.108. The van der Waals surface area contributed by atoms with Gasteiger partial charge in [-0.1, -0.05) is 0 Å². The summed E-state index contributed by atoms with van der Waals surface area (Å²) in [4.78, 5) is 30.6. The third-order valence-electron chi connectivity index (χ3n) is 5.11. The highest BCUT2D eigenvalue weighted by molar-refractivity contribution is 5.69. The summed E-state index contributed by atoms with van der Waals surface area (Å²) < 4.78 is 25.8. The van der Waals surface area contributed by atoms with Crippen molar-refractivity contribution in [3.8, 4) is 22.6 Å². The molecule has 1 aliphatic carbocycles. The van der Waals surface area contributed by atoms with Crippen molar-refractivity contribution in [2.75, 3.05) is 24.6 Å². The van der Waals surface area contributed by atoms with Crippen LogP contribution in [0.4, 0.5) is 20.3 Å². The van der Waals surface area contributed by atoms with E-state index in [1.165, 1.54) is 19.9 Å². The lowest BCUT2D eigenvalue weighted by Crippen LogP contribution is -2.17. The number of pyridine rings is 1. The van der Waals surface area contributed by atoms with Gasteiger partial charge in [-0.2, -0.15) is 0 Å². The first-order valence-corrected chi connectivity index (χ1v) is 11.7. The zero-order valence-corrected chi connectivity index (χ0v) is 21.8. The number of benzene rings is 1. The summed E-state index contributed by atoms with van der Waals surface area (Å²) in [5.41, 5.74) is 12.9. The number of hydrogen-bond acceptors (Lipinski definition) is 8. The predicted molar refractivity (Wildman–Crippen MR) is 144 cm³/mol. The second-order valence-corrected chi connectivity index (χ2v) is 8.86. The van der Waals surface area contributed by atoms with Crippen molar-refractivity contribution >= 4 is 24.6 Å². The third kappa shape index (κ3) is 11.2. The van der Waals surface area contributed by atoms with E-state index in [9.17, 15) is 13.6 Å². The Hall–Kier alpha value is -3.79. The van der Waals surface area contributed by atoms with Crippen LogP contribution in [-0.2, 0) is 9.59 Å². The zero-order chi connectivity index (χ0) is 28.0. The van der Waals surface area contributed by atoms with Crippen LogP contribution in [0.5, 0.6) is 0 Å². The maximum Gasteiger partial charge on any atom is 0.160 e. The molecule has 1 saturated carbocycles. The van der Waals surface area contributed by atoms with Crippen molar-refractivity contribution in [1.82, 2.24) is 15.0 Å². The number of rotatable bonds is 6. The number of carbonyl (C=O) groups is 2. The Kier molecular flexibility index (Phi) is 13.0. The minimum absolute atomic E-state index is 0.0842. The highest BCUT2D eigenvalue weighted by Crippen LogP contribution is 2.27. The summed E-state index contributed by atoms with van der Waals surface area (Å²) in [5.74, 6) is 1.28. The number of hydrogen-bond donors (Lipinski definition) is 3. The molecule has 1 aromatic carbocycles. The van der Waals surface area contributed by atoms with Crippen LogP contribution in [0.1, 0.15) is 38.7 Å². The molecule has 1 aliphatic rings. The molecule has 1 fully saturated rings. The normalized spacial score (nSPS) is 12.0. The molecule has 0 unspecified atom stereocenters. The van der Waals surface area contributed by atoms with E-state index in [-0.39, 0.29) is 5.69 Å². The lowest BCUT2D eigenvalue weighted by Gasteiger charge is -2.10. The number of halogens is 2. The van der Waals surface area contributed by atoms with E-state index in [1.54, 1.807) is 25.4 Å². The average molecular weight is 515 g/mol. The van der Waals surface area contributed by atoms with Crippen LogP contribution in [0.15, 0.2) is 42.7 Å². The molecule has 0 saturated heterocycles. The Morgan fingerprint density at radius 2 is 1.81 bits per heavy atom. The summed E-state index contributed by atoms with van der Waals surface area (Å²) in [6.45, 7) is 7.29. The number of nitrogens with zero attached hydrogens (tertiary/aromatic N) is 3. The molecule has 0 radical (unpaired) electrons. The Labute approximate surface area is 216 Å². The maximum atomic E-state index is 13.5. The molecule has 0 spiro atoms. The Bertz CT molecular complexity index is 1130. The van der Waals surface area contributed by atoms with E-state index < -0.39 is 11.5 Å². The molecule has 2 heterocycles. The fourth-order valence-electron chi connectivity index (χ4n) is 2.88. The predicted octanol–water partition coefficient (Wildman–Crippen LogP) is 4.77. The van der Waals surface area contributed by atoms with Gasteiger partial charge < -0.3 is 26.4 Å². The van der Waals surface area contributed by atoms with Gasteiger partial charge in [0, 0.05) is 36.5 Å². The van der Waals surface area contributed by atoms with Crippen molar-refractivity contribution < 1.29 is 18.4 Å². The second kappa shape index (κ2) is 15.4. The van der Waals surface area contributed by atoms with Gasteiger partial charge in [0.25, 0.3) is 0 Å². The Morgan fingerprint density at radius 1 is 1.16 bits per heavy atom. The van der Waals surface area contributed by atoms with E-state index >= 15 is 0 Å². The quantitative estimate of drug-likeness (QED) is 0.316. The smallest absolute Gasteiger partial charge is 0.160 e. The fourth-order valence-corrected chi connectivity index (χ4v) is 2.88. The number of aryl methyl sites for hydroxylation is 1. The number of aromatic nitrogens is 3. The summed E-state index contributed by atoms with van der Waals surface area (Å²) in [6, 6.07) is 8.55. The van der Waals surface area contributed by atoms with Gasteiger partial charge in [-0.05, 0) is 82.5 Å². The number of alkyl halides is 1. The number of nitrogen functional groups attached to an aromatic ring is 1. The molecule has 0 amide bonds. The lowest BCUT2D eigenvalue weighted by atomic mass is 10.1. The topological polar surface area (TPSA) is 137 Å². The Morgan fingerprint density at radius 3 is 2.30 bits per heavy atom. The first-order chi connectivity index (χ1) is 17.6. The van der Waals surface area contributed by atoms with E-state index in [1.807, 2.05) is 32.0 Å². The molecule has 0 aliphatic heterocycles. The third-order valence-corrected chi connectivity index (χ3v) is 5.11. The van der Waals surface area contributed by atoms with Gasteiger partial charge in [0.1, 0.15) is 30.4 Å². The number of nitrogens with one attached hydrogen (secondary N) is 1. The van der Waals surface area contributed by atoms with Gasteiger partial charge in [-0.25, -0.2) is 23.7 Å². The van der Waals surface area contributed by atoms with Gasteiger partial charge in [-0.3, -0.25) is 0 Å². The molecule has 3 aromatic rings. The molecule has 2 aromatic heterocycles. The van der Waals surface area contributed by atoms with Crippen LogP contribution in [0.3, 0.4) is 0 Å². The Balaban J connectivity index is 0.000000402. The largest absolute Gasteiger partial charge is 0.396 e. The van der Waals surface area contributed by atoms with Crippen LogP contribution in [0.25, 0.3) is 22.6 Å². The second-order valence-electron chi connectivity index (χ2n) is 8.86. The van der Waals surface area contributed by atoms with Crippen LogP contribution in [0.2, 0.25) is 0 Å².